The fraction of sp³-hybridized carbons (Fsp3) is 0.357. The molecule has 2 aromatic heterocycles. The molecular weight excluding hydrogens is 274 g/mol. The maximum absolute atomic E-state index is 11.6. The van der Waals surface area contributed by atoms with E-state index in [-0.39, 0.29) is 18.0 Å². The number of hydrogen-bond donors (Lipinski definition) is 1. The van der Waals surface area contributed by atoms with Crippen molar-refractivity contribution in [1.29, 1.82) is 0 Å². The van der Waals surface area contributed by atoms with Crippen molar-refractivity contribution in [2.75, 3.05) is 19.5 Å². The molecule has 0 spiro atoms. The van der Waals surface area contributed by atoms with Crippen LogP contribution in [-0.4, -0.2) is 35.0 Å². The number of anilines is 1. The van der Waals surface area contributed by atoms with Crippen LogP contribution in [0.25, 0.3) is 5.65 Å². The summed E-state index contributed by atoms with van der Waals surface area (Å²) in [6.07, 6.45) is 4.10. The second-order valence-corrected chi connectivity index (χ2v) is 4.44. The van der Waals surface area contributed by atoms with Gasteiger partial charge in [0.1, 0.15) is 5.65 Å². The van der Waals surface area contributed by atoms with E-state index in [1.807, 2.05) is 0 Å². The summed E-state index contributed by atoms with van der Waals surface area (Å²) < 4.78 is 11.2. The Kier molecular flexibility index (Phi) is 4.42. The lowest BCUT2D eigenvalue weighted by molar-refractivity contribution is -0.143. The van der Waals surface area contributed by atoms with Crippen LogP contribution in [0.15, 0.2) is 18.5 Å². The fourth-order valence-electron chi connectivity index (χ4n) is 1.97. The van der Waals surface area contributed by atoms with Gasteiger partial charge in [-0.2, -0.15) is 0 Å². The summed E-state index contributed by atoms with van der Waals surface area (Å²) in [6, 6.07) is 1.56. The van der Waals surface area contributed by atoms with Gasteiger partial charge in [0.25, 0.3) is 0 Å². The zero-order chi connectivity index (χ0) is 15.4. The van der Waals surface area contributed by atoms with Gasteiger partial charge in [-0.1, -0.05) is 0 Å². The second-order valence-electron chi connectivity index (χ2n) is 4.44. The van der Waals surface area contributed by atoms with Crippen molar-refractivity contribution >= 4 is 23.3 Å². The molecule has 2 N–H and O–H groups in total. The number of imidazole rings is 1. The van der Waals surface area contributed by atoms with Crippen molar-refractivity contribution in [2.24, 2.45) is 0 Å². The zero-order valence-electron chi connectivity index (χ0n) is 12.0. The minimum Gasteiger partial charge on any atom is -0.466 e. The molecule has 0 amide bonds. The quantitative estimate of drug-likeness (QED) is 0.831. The highest BCUT2D eigenvalue weighted by Crippen LogP contribution is 2.17. The topological polar surface area (TPSA) is 95.9 Å². The van der Waals surface area contributed by atoms with Gasteiger partial charge < -0.3 is 19.6 Å². The third kappa shape index (κ3) is 3.31. The number of nitrogen functional groups attached to an aromatic ring is 1. The number of hydrogen-bond acceptors (Lipinski definition) is 6. The van der Waals surface area contributed by atoms with E-state index in [1.54, 1.807) is 29.8 Å². The Bertz CT molecular complexity index is 678. The van der Waals surface area contributed by atoms with Gasteiger partial charge in [0.15, 0.2) is 0 Å². The predicted molar refractivity (Wildman–Crippen MR) is 75.9 cm³/mol. The third-order valence-electron chi connectivity index (χ3n) is 2.97. The minimum atomic E-state index is -0.508. The van der Waals surface area contributed by atoms with Crippen molar-refractivity contribution in [1.82, 2.24) is 9.38 Å². The molecule has 0 fully saturated rings. The van der Waals surface area contributed by atoms with Gasteiger partial charge in [0.05, 0.1) is 37.1 Å². The van der Waals surface area contributed by atoms with Crippen LogP contribution in [-0.2, 0) is 20.7 Å². The first-order valence-electron chi connectivity index (χ1n) is 6.56. The lowest BCUT2D eigenvalue weighted by Gasteiger charge is -2.03. The highest BCUT2D eigenvalue weighted by Gasteiger charge is 2.13. The Hall–Kier alpha value is -2.57. The molecule has 0 radical (unpaired) electrons. The van der Waals surface area contributed by atoms with Crippen LogP contribution in [0.5, 0.6) is 0 Å². The van der Waals surface area contributed by atoms with Crippen LogP contribution < -0.4 is 5.73 Å². The first kappa shape index (κ1) is 14.8. The van der Waals surface area contributed by atoms with Crippen LogP contribution in [0.1, 0.15) is 29.4 Å². The van der Waals surface area contributed by atoms with Crippen LogP contribution in [0.3, 0.4) is 0 Å². The average Bonchev–Trinajstić information content (AvgIpc) is 2.85. The molecule has 0 aliphatic rings. The van der Waals surface area contributed by atoms with E-state index in [4.69, 9.17) is 10.5 Å². The van der Waals surface area contributed by atoms with Gasteiger partial charge >= 0.3 is 11.9 Å². The maximum atomic E-state index is 11.6. The number of ether oxygens (including phenoxy) is 2. The molecule has 7 heteroatoms. The molecule has 112 valence electrons. The number of esters is 2. The summed E-state index contributed by atoms with van der Waals surface area (Å²) in [5, 5.41) is 0. The smallest absolute Gasteiger partial charge is 0.340 e. The molecule has 0 saturated carbocycles. The largest absolute Gasteiger partial charge is 0.466 e. The standard InChI is InChI=1S/C14H17N3O4/c1-3-21-13(18)5-4-9-7-17-8-11(15)10(14(19)20-2)6-12(17)16-9/h6-8H,3-5,15H2,1-2H3. The molecule has 21 heavy (non-hydrogen) atoms. The summed E-state index contributed by atoms with van der Waals surface area (Å²) in [6.45, 7) is 2.13. The summed E-state index contributed by atoms with van der Waals surface area (Å²) in [5.41, 5.74) is 7.69. The summed E-state index contributed by atoms with van der Waals surface area (Å²) in [5.74, 6) is -0.768. The molecule has 0 unspecified atom stereocenters. The van der Waals surface area contributed by atoms with Crippen molar-refractivity contribution in [3.8, 4) is 0 Å². The predicted octanol–water partition coefficient (Wildman–Crippen LogP) is 1.20. The number of methoxy groups -OCH3 is 1. The molecule has 2 aromatic rings. The van der Waals surface area contributed by atoms with E-state index in [0.717, 1.165) is 5.69 Å². The van der Waals surface area contributed by atoms with E-state index in [0.29, 0.717) is 24.4 Å². The Morgan fingerprint density at radius 3 is 2.81 bits per heavy atom. The first-order chi connectivity index (χ1) is 10.0. The Labute approximate surface area is 121 Å². The number of carbonyl (C=O) groups is 2. The molecule has 7 nitrogen and oxygen atoms in total. The molecule has 0 aliphatic carbocycles. The fourth-order valence-corrected chi connectivity index (χ4v) is 1.97. The lowest BCUT2D eigenvalue weighted by Crippen LogP contribution is -2.06. The normalized spacial score (nSPS) is 10.6. The molecule has 0 aliphatic heterocycles. The van der Waals surface area contributed by atoms with Crippen molar-refractivity contribution in [3.05, 3.63) is 29.7 Å². The van der Waals surface area contributed by atoms with Crippen LogP contribution in [0.4, 0.5) is 5.69 Å². The van der Waals surface area contributed by atoms with Crippen LogP contribution >= 0.6 is 0 Å². The monoisotopic (exact) mass is 291 g/mol. The molecular formula is C14H17N3O4. The summed E-state index contributed by atoms with van der Waals surface area (Å²) in [7, 11) is 1.29. The second kappa shape index (κ2) is 6.25. The molecule has 0 bridgehead atoms. The number of pyridine rings is 1. The molecule has 0 saturated heterocycles. The molecule has 0 aromatic carbocycles. The summed E-state index contributed by atoms with van der Waals surface area (Å²) in [4.78, 5) is 27.3. The lowest BCUT2D eigenvalue weighted by atomic mass is 10.2. The van der Waals surface area contributed by atoms with Crippen molar-refractivity contribution in [2.45, 2.75) is 19.8 Å². The Balaban J connectivity index is 2.21. The number of aryl methyl sites for hydroxylation is 1. The SMILES string of the molecule is CCOC(=O)CCc1cn2cc(N)c(C(=O)OC)cc2n1. The zero-order valence-corrected chi connectivity index (χ0v) is 12.0. The van der Waals surface area contributed by atoms with E-state index in [1.165, 1.54) is 7.11 Å². The Morgan fingerprint density at radius 1 is 1.38 bits per heavy atom. The van der Waals surface area contributed by atoms with Gasteiger partial charge in [-0.05, 0) is 13.0 Å². The first-order valence-corrected chi connectivity index (χ1v) is 6.56. The highest BCUT2D eigenvalue weighted by atomic mass is 16.5. The third-order valence-corrected chi connectivity index (χ3v) is 2.97. The Morgan fingerprint density at radius 2 is 2.14 bits per heavy atom. The summed E-state index contributed by atoms with van der Waals surface area (Å²) >= 11 is 0. The van der Waals surface area contributed by atoms with E-state index in [2.05, 4.69) is 9.72 Å². The molecule has 2 rings (SSSR count). The minimum absolute atomic E-state index is 0.260. The molecule has 0 atom stereocenters. The highest BCUT2D eigenvalue weighted by molar-refractivity contribution is 5.95. The number of nitrogens with two attached hydrogens (primary N) is 1. The van der Waals surface area contributed by atoms with Crippen LogP contribution in [0.2, 0.25) is 0 Å². The van der Waals surface area contributed by atoms with Crippen molar-refractivity contribution in [3.63, 3.8) is 0 Å². The average molecular weight is 291 g/mol. The number of fused-ring (bicyclic) bond motifs is 1. The number of rotatable bonds is 5. The van der Waals surface area contributed by atoms with Gasteiger partial charge in [-0.25, -0.2) is 9.78 Å². The van der Waals surface area contributed by atoms with E-state index < -0.39 is 5.97 Å². The number of carbonyl (C=O) groups excluding carboxylic acids is 2. The van der Waals surface area contributed by atoms with Crippen LogP contribution in [0, 0.1) is 0 Å². The van der Waals surface area contributed by atoms with Gasteiger partial charge in [0.2, 0.25) is 0 Å². The van der Waals surface area contributed by atoms with Gasteiger partial charge in [0, 0.05) is 18.8 Å². The van der Waals surface area contributed by atoms with Gasteiger partial charge in [-0.3, -0.25) is 4.79 Å². The van der Waals surface area contributed by atoms with Crippen molar-refractivity contribution < 1.29 is 19.1 Å². The number of aromatic nitrogens is 2. The van der Waals surface area contributed by atoms with E-state index >= 15 is 0 Å². The number of nitrogens with zero attached hydrogens (tertiary/aromatic N) is 2. The van der Waals surface area contributed by atoms with E-state index in [9.17, 15) is 9.59 Å². The molecule has 2 heterocycles. The maximum Gasteiger partial charge on any atom is 0.340 e. The van der Waals surface area contributed by atoms with Gasteiger partial charge in [-0.15, -0.1) is 0 Å².